The van der Waals surface area contributed by atoms with Crippen LogP contribution in [-0.4, -0.2) is 24.3 Å². The highest BCUT2D eigenvalue weighted by Crippen LogP contribution is 2.22. The van der Waals surface area contributed by atoms with E-state index in [1.807, 2.05) is 36.4 Å². The number of ether oxygens (including phenoxy) is 2. The van der Waals surface area contributed by atoms with Gasteiger partial charge in [0, 0.05) is 23.6 Å². The first-order valence-electron chi connectivity index (χ1n) is 7.60. The van der Waals surface area contributed by atoms with Crippen molar-refractivity contribution in [1.82, 2.24) is 4.57 Å². The van der Waals surface area contributed by atoms with E-state index in [2.05, 4.69) is 22.9 Å². The Balaban J connectivity index is 1.80. The molecule has 118 valence electrons. The van der Waals surface area contributed by atoms with E-state index in [1.54, 1.807) is 14.0 Å². The van der Waals surface area contributed by atoms with Crippen LogP contribution in [0.1, 0.15) is 22.8 Å². The molecular weight excluding hydrogens is 290 g/mol. The van der Waals surface area contributed by atoms with Gasteiger partial charge in [0.2, 0.25) is 0 Å². The van der Waals surface area contributed by atoms with Gasteiger partial charge in [0.25, 0.3) is 0 Å². The van der Waals surface area contributed by atoms with E-state index in [0.717, 1.165) is 28.8 Å². The Labute approximate surface area is 135 Å². The highest BCUT2D eigenvalue weighted by Gasteiger charge is 2.07. The number of aromatic nitrogens is 1. The Morgan fingerprint density at radius 1 is 1.09 bits per heavy atom. The number of hydrogen-bond acceptors (Lipinski definition) is 3. The molecule has 0 radical (unpaired) electrons. The summed E-state index contributed by atoms with van der Waals surface area (Å²) in [4.78, 5) is 11.7. The quantitative estimate of drug-likeness (QED) is 0.672. The Bertz CT molecular complexity index is 818. The molecule has 4 nitrogen and oxygen atoms in total. The molecule has 0 saturated heterocycles. The number of methoxy groups -OCH3 is 1. The van der Waals surface area contributed by atoms with Gasteiger partial charge in [-0.2, -0.15) is 0 Å². The standard InChI is InChI=1S/C19H19NO3/c1-3-23-19(21)15-6-4-14(5-7-15)13-20-11-10-16-12-17(22-2)8-9-18(16)20/h4-12H,3,13H2,1-2H3. The lowest BCUT2D eigenvalue weighted by Crippen LogP contribution is -2.05. The first-order valence-corrected chi connectivity index (χ1v) is 7.60. The van der Waals surface area contributed by atoms with Crippen molar-refractivity contribution < 1.29 is 14.3 Å². The maximum absolute atomic E-state index is 11.7. The molecule has 1 aromatic heterocycles. The van der Waals surface area contributed by atoms with Gasteiger partial charge in [-0.3, -0.25) is 0 Å². The topological polar surface area (TPSA) is 40.5 Å². The number of nitrogens with zero attached hydrogens (tertiary/aromatic N) is 1. The second-order valence-corrected chi connectivity index (χ2v) is 5.29. The normalized spacial score (nSPS) is 10.7. The second-order valence-electron chi connectivity index (χ2n) is 5.29. The number of fused-ring (bicyclic) bond motifs is 1. The molecule has 0 fully saturated rings. The van der Waals surface area contributed by atoms with Gasteiger partial charge in [-0.1, -0.05) is 12.1 Å². The van der Waals surface area contributed by atoms with E-state index < -0.39 is 0 Å². The van der Waals surface area contributed by atoms with Crippen LogP contribution in [0.15, 0.2) is 54.7 Å². The molecule has 0 amide bonds. The van der Waals surface area contributed by atoms with Crippen molar-refractivity contribution in [1.29, 1.82) is 0 Å². The molecule has 0 saturated carbocycles. The lowest BCUT2D eigenvalue weighted by atomic mass is 10.1. The largest absolute Gasteiger partial charge is 0.497 e. The van der Waals surface area contributed by atoms with Crippen LogP contribution in [0, 0.1) is 0 Å². The average Bonchev–Trinajstić information content (AvgIpc) is 2.98. The van der Waals surface area contributed by atoms with Crippen LogP contribution in [0.5, 0.6) is 5.75 Å². The molecule has 4 heteroatoms. The zero-order chi connectivity index (χ0) is 16.2. The molecule has 0 spiro atoms. The molecule has 1 heterocycles. The third-order valence-electron chi connectivity index (χ3n) is 3.80. The zero-order valence-corrected chi connectivity index (χ0v) is 13.3. The first kappa shape index (κ1) is 15.2. The summed E-state index contributed by atoms with van der Waals surface area (Å²) in [6.07, 6.45) is 2.06. The van der Waals surface area contributed by atoms with Crippen LogP contribution in [-0.2, 0) is 11.3 Å². The number of carbonyl (C=O) groups excluding carboxylic acids is 1. The summed E-state index contributed by atoms with van der Waals surface area (Å²) in [7, 11) is 1.67. The van der Waals surface area contributed by atoms with E-state index in [0.29, 0.717) is 12.2 Å². The predicted molar refractivity (Wildman–Crippen MR) is 90.0 cm³/mol. The van der Waals surface area contributed by atoms with Crippen molar-refractivity contribution in [2.24, 2.45) is 0 Å². The number of esters is 1. The summed E-state index contributed by atoms with van der Waals surface area (Å²) < 4.78 is 12.4. The molecular formula is C19H19NO3. The molecule has 2 aromatic carbocycles. The monoisotopic (exact) mass is 309 g/mol. The Morgan fingerprint density at radius 2 is 1.87 bits per heavy atom. The van der Waals surface area contributed by atoms with Crippen molar-refractivity contribution in [2.45, 2.75) is 13.5 Å². The van der Waals surface area contributed by atoms with Gasteiger partial charge in [-0.25, -0.2) is 4.79 Å². The first-order chi connectivity index (χ1) is 11.2. The van der Waals surface area contributed by atoms with Gasteiger partial charge in [-0.05, 0) is 48.9 Å². The fourth-order valence-corrected chi connectivity index (χ4v) is 2.60. The van der Waals surface area contributed by atoms with Gasteiger partial charge in [0.05, 0.1) is 19.3 Å². The van der Waals surface area contributed by atoms with Crippen LogP contribution >= 0.6 is 0 Å². The number of hydrogen-bond donors (Lipinski definition) is 0. The predicted octanol–water partition coefficient (Wildman–Crippen LogP) is 3.87. The minimum absolute atomic E-state index is 0.280. The van der Waals surface area contributed by atoms with Crippen molar-refractivity contribution in [3.63, 3.8) is 0 Å². The zero-order valence-electron chi connectivity index (χ0n) is 13.3. The third-order valence-corrected chi connectivity index (χ3v) is 3.80. The summed E-state index contributed by atoms with van der Waals surface area (Å²) in [5.41, 5.74) is 2.87. The molecule has 0 unspecified atom stereocenters. The second kappa shape index (κ2) is 6.57. The van der Waals surface area contributed by atoms with E-state index in [4.69, 9.17) is 9.47 Å². The van der Waals surface area contributed by atoms with Crippen LogP contribution in [0.4, 0.5) is 0 Å². The summed E-state index contributed by atoms with van der Waals surface area (Å²) >= 11 is 0. The van der Waals surface area contributed by atoms with Crippen LogP contribution in [0.2, 0.25) is 0 Å². The van der Waals surface area contributed by atoms with E-state index in [1.165, 1.54) is 0 Å². The van der Waals surface area contributed by atoms with Gasteiger partial charge in [0.1, 0.15) is 5.75 Å². The van der Waals surface area contributed by atoms with Crippen molar-refractivity contribution >= 4 is 16.9 Å². The minimum atomic E-state index is -0.280. The van der Waals surface area contributed by atoms with Crippen molar-refractivity contribution in [3.05, 3.63) is 65.9 Å². The van der Waals surface area contributed by atoms with E-state index in [-0.39, 0.29) is 5.97 Å². The molecule has 0 atom stereocenters. The third kappa shape index (κ3) is 3.21. The number of rotatable bonds is 5. The highest BCUT2D eigenvalue weighted by molar-refractivity contribution is 5.89. The van der Waals surface area contributed by atoms with E-state index >= 15 is 0 Å². The SMILES string of the molecule is CCOC(=O)c1ccc(Cn2ccc3cc(OC)ccc32)cc1. The highest BCUT2D eigenvalue weighted by atomic mass is 16.5. The Hall–Kier alpha value is -2.75. The van der Waals surface area contributed by atoms with E-state index in [9.17, 15) is 4.79 Å². The number of benzene rings is 2. The smallest absolute Gasteiger partial charge is 0.338 e. The molecule has 3 rings (SSSR count). The Kier molecular flexibility index (Phi) is 4.33. The molecule has 3 aromatic rings. The van der Waals surface area contributed by atoms with Gasteiger partial charge in [0.15, 0.2) is 0 Å². The summed E-state index contributed by atoms with van der Waals surface area (Å²) in [5, 5.41) is 1.15. The summed E-state index contributed by atoms with van der Waals surface area (Å²) in [6, 6.07) is 15.7. The van der Waals surface area contributed by atoms with Crippen molar-refractivity contribution in [3.8, 4) is 5.75 Å². The minimum Gasteiger partial charge on any atom is -0.497 e. The maximum atomic E-state index is 11.7. The van der Waals surface area contributed by atoms with Crippen LogP contribution in [0.25, 0.3) is 10.9 Å². The van der Waals surface area contributed by atoms with Crippen LogP contribution in [0.3, 0.4) is 0 Å². The average molecular weight is 309 g/mol. The molecule has 0 aliphatic rings. The Morgan fingerprint density at radius 3 is 2.57 bits per heavy atom. The fraction of sp³-hybridized carbons (Fsp3) is 0.211. The van der Waals surface area contributed by atoms with Crippen molar-refractivity contribution in [2.75, 3.05) is 13.7 Å². The molecule has 0 bridgehead atoms. The van der Waals surface area contributed by atoms with Gasteiger partial charge >= 0.3 is 5.97 Å². The number of carbonyl (C=O) groups is 1. The molecule has 0 aliphatic heterocycles. The molecule has 0 aliphatic carbocycles. The van der Waals surface area contributed by atoms with Crippen LogP contribution < -0.4 is 4.74 Å². The molecule has 23 heavy (non-hydrogen) atoms. The van der Waals surface area contributed by atoms with Gasteiger partial charge < -0.3 is 14.0 Å². The summed E-state index contributed by atoms with van der Waals surface area (Å²) in [5.74, 6) is 0.576. The lowest BCUT2D eigenvalue weighted by molar-refractivity contribution is 0.0526. The maximum Gasteiger partial charge on any atom is 0.338 e. The fourth-order valence-electron chi connectivity index (χ4n) is 2.60. The molecule has 0 N–H and O–H groups in total. The lowest BCUT2D eigenvalue weighted by Gasteiger charge is -2.08. The van der Waals surface area contributed by atoms with Gasteiger partial charge in [-0.15, -0.1) is 0 Å². The summed E-state index contributed by atoms with van der Waals surface area (Å²) in [6.45, 7) is 2.94.